The third kappa shape index (κ3) is 4.00. The molecule has 3 aromatic rings. The van der Waals surface area contributed by atoms with E-state index in [-0.39, 0.29) is 58.0 Å². The molecule has 1 aliphatic rings. The first-order valence-corrected chi connectivity index (χ1v) is 12.1. The fraction of sp³-hybridized carbons (Fsp3) is 0.300. The molecule has 7 nitrogen and oxygen atoms in total. The zero-order valence-corrected chi connectivity index (χ0v) is 19.2. The van der Waals surface area contributed by atoms with Crippen molar-refractivity contribution in [3.63, 3.8) is 0 Å². The van der Waals surface area contributed by atoms with Gasteiger partial charge in [0.05, 0.1) is 10.6 Å². The lowest BCUT2D eigenvalue weighted by atomic mass is 10.0. The molecule has 0 aliphatic carbocycles. The summed E-state index contributed by atoms with van der Waals surface area (Å²) in [6.45, 7) is 4.12. The standard InChI is InChI=1S/C20H19ClFN3O4S2/c1-12-6-7-16(30-12)31(27,28)25-10-8-24(9-11-25)20(26)17-13(2)29-23-19(17)18-14(21)4-3-5-15(18)22/h3-7H,8-11H2,1-2H3. The third-order valence-electron chi connectivity index (χ3n) is 5.11. The maximum Gasteiger partial charge on any atom is 0.259 e. The molecule has 0 saturated carbocycles. The van der Waals surface area contributed by atoms with Crippen molar-refractivity contribution in [3.8, 4) is 11.3 Å². The highest BCUT2D eigenvalue weighted by Crippen LogP contribution is 2.34. The van der Waals surface area contributed by atoms with Crippen molar-refractivity contribution in [1.82, 2.24) is 14.4 Å². The predicted molar refractivity (Wildman–Crippen MR) is 115 cm³/mol. The summed E-state index contributed by atoms with van der Waals surface area (Å²) in [7, 11) is -3.60. The maximum absolute atomic E-state index is 14.4. The minimum absolute atomic E-state index is 0.00125. The number of rotatable bonds is 4. The second-order valence-electron chi connectivity index (χ2n) is 7.12. The Kier molecular flexibility index (Phi) is 5.91. The number of halogens is 2. The van der Waals surface area contributed by atoms with Gasteiger partial charge >= 0.3 is 0 Å². The average molecular weight is 484 g/mol. The number of benzene rings is 1. The van der Waals surface area contributed by atoms with E-state index in [4.69, 9.17) is 16.1 Å². The minimum Gasteiger partial charge on any atom is -0.360 e. The summed E-state index contributed by atoms with van der Waals surface area (Å²) < 4.78 is 46.9. The van der Waals surface area contributed by atoms with Gasteiger partial charge in [-0.1, -0.05) is 22.8 Å². The number of hydrogen-bond donors (Lipinski definition) is 0. The van der Waals surface area contributed by atoms with Crippen LogP contribution in [0.5, 0.6) is 0 Å². The summed E-state index contributed by atoms with van der Waals surface area (Å²) in [5, 5.41) is 3.98. The lowest BCUT2D eigenvalue weighted by Crippen LogP contribution is -2.50. The van der Waals surface area contributed by atoms with E-state index in [1.807, 2.05) is 6.92 Å². The highest BCUT2D eigenvalue weighted by atomic mass is 35.5. The molecule has 0 bridgehead atoms. The molecule has 0 N–H and O–H groups in total. The summed E-state index contributed by atoms with van der Waals surface area (Å²) in [5.41, 5.74) is 0.158. The van der Waals surface area contributed by atoms with Crippen molar-refractivity contribution in [2.75, 3.05) is 26.2 Å². The zero-order valence-electron chi connectivity index (χ0n) is 16.8. The number of sulfonamides is 1. The molecule has 164 valence electrons. The van der Waals surface area contributed by atoms with E-state index in [1.54, 1.807) is 19.1 Å². The normalized spacial score (nSPS) is 15.4. The minimum atomic E-state index is -3.60. The number of carbonyl (C=O) groups excluding carboxylic acids is 1. The fourth-order valence-corrected chi connectivity index (χ4v) is 6.60. The molecule has 0 radical (unpaired) electrons. The van der Waals surface area contributed by atoms with E-state index in [0.29, 0.717) is 0 Å². The second-order valence-corrected chi connectivity index (χ2v) is 11.0. The Bertz CT molecular complexity index is 1230. The fourth-order valence-electron chi connectivity index (χ4n) is 3.49. The van der Waals surface area contributed by atoms with Gasteiger partial charge in [-0.15, -0.1) is 11.3 Å². The molecule has 2 aromatic heterocycles. The van der Waals surface area contributed by atoms with Crippen LogP contribution < -0.4 is 0 Å². The van der Waals surface area contributed by atoms with E-state index < -0.39 is 21.7 Å². The summed E-state index contributed by atoms with van der Waals surface area (Å²) in [6, 6.07) is 7.56. The van der Waals surface area contributed by atoms with E-state index in [2.05, 4.69) is 5.16 Å². The van der Waals surface area contributed by atoms with Gasteiger partial charge in [-0.05, 0) is 38.1 Å². The Hall–Kier alpha value is -2.27. The number of carbonyl (C=O) groups is 1. The van der Waals surface area contributed by atoms with Crippen molar-refractivity contribution in [3.05, 3.63) is 57.4 Å². The molecule has 0 spiro atoms. The van der Waals surface area contributed by atoms with Gasteiger partial charge < -0.3 is 9.42 Å². The largest absolute Gasteiger partial charge is 0.360 e. The third-order valence-corrected chi connectivity index (χ3v) is 8.79. The van der Waals surface area contributed by atoms with Crippen LogP contribution in [0, 0.1) is 19.7 Å². The first-order chi connectivity index (χ1) is 14.7. The van der Waals surface area contributed by atoms with E-state index in [1.165, 1.54) is 38.7 Å². The highest BCUT2D eigenvalue weighted by molar-refractivity contribution is 7.91. The number of thiophene rings is 1. The first kappa shape index (κ1) is 21.9. The second kappa shape index (κ2) is 8.34. The molecule has 0 unspecified atom stereocenters. The first-order valence-electron chi connectivity index (χ1n) is 9.46. The number of piperazine rings is 1. The van der Waals surface area contributed by atoms with Crippen LogP contribution in [0.3, 0.4) is 0 Å². The zero-order chi connectivity index (χ0) is 22.3. The Morgan fingerprint density at radius 3 is 2.48 bits per heavy atom. The van der Waals surface area contributed by atoms with Crippen LogP contribution >= 0.6 is 22.9 Å². The smallest absolute Gasteiger partial charge is 0.259 e. The van der Waals surface area contributed by atoms with Crippen molar-refractivity contribution in [2.24, 2.45) is 0 Å². The number of aryl methyl sites for hydroxylation is 2. The van der Waals surface area contributed by atoms with Crippen LogP contribution in [0.4, 0.5) is 4.39 Å². The van der Waals surface area contributed by atoms with Gasteiger partial charge in [-0.3, -0.25) is 4.79 Å². The molecule has 1 saturated heterocycles. The van der Waals surface area contributed by atoms with Crippen LogP contribution in [-0.2, 0) is 10.0 Å². The molecular formula is C20H19ClFN3O4S2. The summed E-state index contributed by atoms with van der Waals surface area (Å²) in [4.78, 5) is 15.7. The van der Waals surface area contributed by atoms with Gasteiger partial charge in [0.1, 0.15) is 27.0 Å². The van der Waals surface area contributed by atoms with Crippen LogP contribution in [0.15, 0.2) is 39.1 Å². The molecule has 4 rings (SSSR count). The summed E-state index contributed by atoms with van der Waals surface area (Å²) >= 11 is 7.36. The van der Waals surface area contributed by atoms with Gasteiger partial charge in [0, 0.05) is 31.1 Å². The summed E-state index contributed by atoms with van der Waals surface area (Å²) in [5.74, 6) is -0.780. The molecule has 3 heterocycles. The lowest BCUT2D eigenvalue weighted by molar-refractivity contribution is 0.0697. The van der Waals surface area contributed by atoms with Crippen LogP contribution in [0.2, 0.25) is 5.02 Å². The molecule has 1 fully saturated rings. The van der Waals surface area contributed by atoms with E-state index >= 15 is 0 Å². The lowest BCUT2D eigenvalue weighted by Gasteiger charge is -2.33. The van der Waals surface area contributed by atoms with Gasteiger partial charge in [0.25, 0.3) is 15.9 Å². The highest BCUT2D eigenvalue weighted by Gasteiger charge is 2.34. The molecule has 1 amide bonds. The van der Waals surface area contributed by atoms with Crippen LogP contribution in [0.1, 0.15) is 21.0 Å². The predicted octanol–water partition coefficient (Wildman–Crippen LogP) is 3.96. The Balaban J connectivity index is 1.56. The van der Waals surface area contributed by atoms with E-state index in [9.17, 15) is 17.6 Å². The molecule has 11 heteroatoms. The Labute approximate surface area is 188 Å². The van der Waals surface area contributed by atoms with Gasteiger partial charge in [0.2, 0.25) is 0 Å². The summed E-state index contributed by atoms with van der Waals surface area (Å²) in [6.07, 6.45) is 0. The molecule has 1 aliphatic heterocycles. The molecule has 31 heavy (non-hydrogen) atoms. The van der Waals surface area contributed by atoms with Crippen molar-refractivity contribution in [1.29, 1.82) is 0 Å². The van der Waals surface area contributed by atoms with Crippen LogP contribution in [0.25, 0.3) is 11.3 Å². The SMILES string of the molecule is Cc1ccc(S(=O)(=O)N2CCN(C(=O)c3c(-c4c(F)cccc4Cl)noc3C)CC2)s1. The van der Waals surface area contributed by atoms with Gasteiger partial charge in [-0.2, -0.15) is 4.31 Å². The number of amides is 1. The van der Waals surface area contributed by atoms with Gasteiger partial charge in [-0.25, -0.2) is 12.8 Å². The van der Waals surface area contributed by atoms with Gasteiger partial charge in [0.15, 0.2) is 0 Å². The molecule has 1 aromatic carbocycles. The maximum atomic E-state index is 14.4. The molecular weight excluding hydrogens is 465 g/mol. The number of aromatic nitrogens is 1. The topological polar surface area (TPSA) is 83.7 Å². The number of nitrogens with zero attached hydrogens (tertiary/aromatic N) is 3. The van der Waals surface area contributed by atoms with Crippen molar-refractivity contribution in [2.45, 2.75) is 18.1 Å². The van der Waals surface area contributed by atoms with Crippen LogP contribution in [-0.4, -0.2) is 54.9 Å². The Morgan fingerprint density at radius 1 is 1.16 bits per heavy atom. The average Bonchev–Trinajstić information content (AvgIpc) is 3.34. The molecule has 0 atom stereocenters. The quantitative estimate of drug-likeness (QED) is 0.561. The monoisotopic (exact) mass is 483 g/mol. The van der Waals surface area contributed by atoms with Crippen molar-refractivity contribution < 1.29 is 22.1 Å². The Morgan fingerprint density at radius 2 is 1.87 bits per heavy atom. The van der Waals surface area contributed by atoms with E-state index in [0.717, 1.165) is 4.88 Å². The number of hydrogen-bond acceptors (Lipinski definition) is 6. The van der Waals surface area contributed by atoms with Crippen molar-refractivity contribution >= 4 is 38.9 Å².